The molecule has 1 aromatic rings. The average molecular weight is 223 g/mol. The molecule has 0 bridgehead atoms. The molecule has 0 aliphatic heterocycles. The SMILES string of the molecule is CCCCN(C)C(=O)c1ccc(=O)n(C)n1. The number of unbranched alkanes of at least 4 members (excludes halogenated alkanes) is 1. The van der Waals surface area contributed by atoms with E-state index < -0.39 is 0 Å². The monoisotopic (exact) mass is 223 g/mol. The van der Waals surface area contributed by atoms with Crippen LogP contribution in [0.4, 0.5) is 0 Å². The van der Waals surface area contributed by atoms with Crippen molar-refractivity contribution in [1.82, 2.24) is 14.7 Å². The lowest BCUT2D eigenvalue weighted by Crippen LogP contribution is -2.31. The molecule has 1 amide bonds. The highest BCUT2D eigenvalue weighted by Crippen LogP contribution is 1.99. The summed E-state index contributed by atoms with van der Waals surface area (Å²) in [4.78, 5) is 24.6. The van der Waals surface area contributed by atoms with Crippen molar-refractivity contribution < 1.29 is 4.79 Å². The second-order valence-corrected chi connectivity index (χ2v) is 3.76. The van der Waals surface area contributed by atoms with Gasteiger partial charge in [-0.25, -0.2) is 4.68 Å². The van der Waals surface area contributed by atoms with Gasteiger partial charge in [-0.1, -0.05) is 13.3 Å². The van der Waals surface area contributed by atoms with Crippen molar-refractivity contribution in [2.24, 2.45) is 7.05 Å². The lowest BCUT2D eigenvalue weighted by molar-refractivity contribution is 0.0785. The van der Waals surface area contributed by atoms with Crippen LogP contribution in [0.5, 0.6) is 0 Å². The molecule has 1 heterocycles. The number of carbonyl (C=O) groups excluding carboxylic acids is 1. The predicted octanol–water partition coefficient (Wildman–Crippen LogP) is 0.652. The molecule has 0 saturated carbocycles. The van der Waals surface area contributed by atoms with Crippen LogP contribution in [0.15, 0.2) is 16.9 Å². The Kier molecular flexibility index (Phi) is 4.22. The summed E-state index contributed by atoms with van der Waals surface area (Å²) in [6, 6.07) is 2.82. The maximum absolute atomic E-state index is 11.9. The number of amides is 1. The molecule has 5 nitrogen and oxygen atoms in total. The van der Waals surface area contributed by atoms with Crippen LogP contribution in [0.25, 0.3) is 0 Å². The molecule has 0 aromatic carbocycles. The van der Waals surface area contributed by atoms with Crippen molar-refractivity contribution >= 4 is 5.91 Å². The topological polar surface area (TPSA) is 55.2 Å². The van der Waals surface area contributed by atoms with Gasteiger partial charge < -0.3 is 4.90 Å². The Morgan fingerprint density at radius 3 is 2.75 bits per heavy atom. The van der Waals surface area contributed by atoms with E-state index in [1.165, 1.54) is 23.9 Å². The van der Waals surface area contributed by atoms with Gasteiger partial charge >= 0.3 is 0 Å². The highest BCUT2D eigenvalue weighted by molar-refractivity contribution is 5.91. The average Bonchev–Trinajstić information content (AvgIpc) is 2.28. The van der Waals surface area contributed by atoms with Gasteiger partial charge in [0.2, 0.25) is 0 Å². The van der Waals surface area contributed by atoms with E-state index in [0.717, 1.165) is 12.8 Å². The smallest absolute Gasteiger partial charge is 0.274 e. The molecule has 0 saturated heterocycles. The van der Waals surface area contributed by atoms with Crippen molar-refractivity contribution in [1.29, 1.82) is 0 Å². The van der Waals surface area contributed by atoms with Gasteiger partial charge in [0.05, 0.1) is 0 Å². The largest absolute Gasteiger partial charge is 0.340 e. The fourth-order valence-corrected chi connectivity index (χ4v) is 1.31. The molecule has 16 heavy (non-hydrogen) atoms. The Morgan fingerprint density at radius 1 is 1.50 bits per heavy atom. The Hall–Kier alpha value is -1.65. The summed E-state index contributed by atoms with van der Waals surface area (Å²) in [5.74, 6) is -0.149. The first kappa shape index (κ1) is 12.4. The molecular weight excluding hydrogens is 206 g/mol. The zero-order valence-electron chi connectivity index (χ0n) is 9.93. The first-order chi connectivity index (χ1) is 7.56. The van der Waals surface area contributed by atoms with Crippen LogP contribution < -0.4 is 5.56 Å². The summed E-state index contributed by atoms with van der Waals surface area (Å²) in [6.45, 7) is 2.78. The van der Waals surface area contributed by atoms with Crippen LogP contribution in [-0.2, 0) is 7.05 Å². The van der Waals surface area contributed by atoms with Crippen molar-refractivity contribution in [2.75, 3.05) is 13.6 Å². The Morgan fingerprint density at radius 2 is 2.19 bits per heavy atom. The van der Waals surface area contributed by atoms with E-state index in [4.69, 9.17) is 0 Å². The first-order valence-electron chi connectivity index (χ1n) is 5.36. The number of aromatic nitrogens is 2. The maximum atomic E-state index is 11.9. The van der Waals surface area contributed by atoms with Gasteiger partial charge in [0.1, 0.15) is 5.69 Å². The van der Waals surface area contributed by atoms with Crippen LogP contribution in [0, 0.1) is 0 Å². The molecule has 0 unspecified atom stereocenters. The normalized spacial score (nSPS) is 10.2. The Bertz CT molecular complexity index is 425. The molecule has 1 aromatic heterocycles. The molecule has 0 N–H and O–H groups in total. The highest BCUT2D eigenvalue weighted by atomic mass is 16.2. The van der Waals surface area contributed by atoms with Gasteiger partial charge in [0.15, 0.2) is 0 Å². The summed E-state index contributed by atoms with van der Waals surface area (Å²) in [5, 5.41) is 3.91. The lowest BCUT2D eigenvalue weighted by atomic mass is 10.3. The third-order valence-electron chi connectivity index (χ3n) is 2.37. The third kappa shape index (κ3) is 2.92. The molecule has 0 radical (unpaired) electrons. The van der Waals surface area contributed by atoms with Crippen molar-refractivity contribution in [2.45, 2.75) is 19.8 Å². The van der Waals surface area contributed by atoms with Crippen LogP contribution in [0.1, 0.15) is 30.3 Å². The van der Waals surface area contributed by atoms with Gasteiger partial charge in [-0.2, -0.15) is 5.10 Å². The predicted molar refractivity (Wildman–Crippen MR) is 61.3 cm³/mol. The molecule has 0 atom stereocenters. The van der Waals surface area contributed by atoms with Gasteiger partial charge in [0, 0.05) is 26.7 Å². The number of carbonyl (C=O) groups is 1. The number of hydrogen-bond donors (Lipinski definition) is 0. The summed E-state index contributed by atoms with van der Waals surface area (Å²) >= 11 is 0. The van der Waals surface area contributed by atoms with E-state index in [1.807, 2.05) is 0 Å². The molecule has 0 spiro atoms. The molecule has 0 aliphatic rings. The summed E-state index contributed by atoms with van der Waals surface area (Å²) in [7, 11) is 3.27. The van der Waals surface area contributed by atoms with E-state index in [9.17, 15) is 9.59 Å². The quantitative estimate of drug-likeness (QED) is 0.753. The van der Waals surface area contributed by atoms with Crippen molar-refractivity contribution in [3.63, 3.8) is 0 Å². The third-order valence-corrected chi connectivity index (χ3v) is 2.37. The number of aryl methyl sites for hydroxylation is 1. The van der Waals surface area contributed by atoms with E-state index >= 15 is 0 Å². The van der Waals surface area contributed by atoms with E-state index in [0.29, 0.717) is 12.2 Å². The molecule has 1 rings (SSSR count). The fraction of sp³-hybridized carbons (Fsp3) is 0.545. The van der Waals surface area contributed by atoms with Crippen LogP contribution >= 0.6 is 0 Å². The van der Waals surface area contributed by atoms with Gasteiger partial charge in [-0.05, 0) is 12.5 Å². The van der Waals surface area contributed by atoms with E-state index in [1.54, 1.807) is 11.9 Å². The number of rotatable bonds is 4. The number of nitrogens with zero attached hydrogens (tertiary/aromatic N) is 3. The summed E-state index contributed by atoms with van der Waals surface area (Å²) in [6.07, 6.45) is 2.01. The lowest BCUT2D eigenvalue weighted by Gasteiger charge is -2.15. The highest BCUT2D eigenvalue weighted by Gasteiger charge is 2.13. The Labute approximate surface area is 94.7 Å². The molecule has 5 heteroatoms. The van der Waals surface area contributed by atoms with E-state index in [-0.39, 0.29) is 11.5 Å². The zero-order valence-corrected chi connectivity index (χ0v) is 9.93. The summed E-state index contributed by atoms with van der Waals surface area (Å²) < 4.78 is 1.17. The van der Waals surface area contributed by atoms with Gasteiger partial charge in [-0.15, -0.1) is 0 Å². The molecular formula is C11H17N3O2. The number of hydrogen-bond acceptors (Lipinski definition) is 3. The first-order valence-corrected chi connectivity index (χ1v) is 5.36. The second kappa shape index (κ2) is 5.44. The standard InChI is InChI=1S/C11H17N3O2/c1-4-5-8-13(2)11(16)9-6-7-10(15)14(3)12-9/h6-7H,4-5,8H2,1-3H3. The fourth-order valence-electron chi connectivity index (χ4n) is 1.31. The van der Waals surface area contributed by atoms with Gasteiger partial charge in [0.25, 0.3) is 11.5 Å². The van der Waals surface area contributed by atoms with Crippen molar-refractivity contribution in [3.8, 4) is 0 Å². The van der Waals surface area contributed by atoms with Crippen LogP contribution in [0.3, 0.4) is 0 Å². The van der Waals surface area contributed by atoms with Crippen molar-refractivity contribution in [3.05, 3.63) is 28.2 Å². The summed E-state index contributed by atoms with van der Waals surface area (Å²) in [5.41, 5.74) is 0.0912. The Balaban J connectivity index is 2.80. The maximum Gasteiger partial charge on any atom is 0.274 e. The van der Waals surface area contributed by atoms with Crippen LogP contribution in [0.2, 0.25) is 0 Å². The van der Waals surface area contributed by atoms with E-state index in [2.05, 4.69) is 12.0 Å². The second-order valence-electron chi connectivity index (χ2n) is 3.76. The molecule has 88 valence electrons. The zero-order chi connectivity index (χ0) is 12.1. The minimum Gasteiger partial charge on any atom is -0.340 e. The minimum atomic E-state index is -0.215. The minimum absolute atomic E-state index is 0.149. The molecule has 0 aliphatic carbocycles. The van der Waals surface area contributed by atoms with Gasteiger partial charge in [-0.3, -0.25) is 9.59 Å². The molecule has 0 fully saturated rings. The van der Waals surface area contributed by atoms with Crippen LogP contribution in [-0.4, -0.2) is 34.2 Å².